The van der Waals surface area contributed by atoms with Crippen LogP contribution in [-0.2, 0) is 12.3 Å². The molecule has 1 aromatic heterocycles. The second-order valence-corrected chi connectivity index (χ2v) is 6.50. The van der Waals surface area contributed by atoms with Gasteiger partial charge in [-0.05, 0) is 43.7 Å². The average molecular weight is 339 g/mol. The zero-order valence-corrected chi connectivity index (χ0v) is 15.0. The third kappa shape index (κ3) is 3.62. The van der Waals surface area contributed by atoms with Crippen LogP contribution in [0.15, 0.2) is 53.7 Å². The number of rotatable bonds is 6. The summed E-state index contributed by atoms with van der Waals surface area (Å²) in [7, 11) is 1.67. The second kappa shape index (κ2) is 7.53. The van der Waals surface area contributed by atoms with Gasteiger partial charge in [-0.3, -0.25) is 0 Å². The first-order chi connectivity index (χ1) is 11.7. The van der Waals surface area contributed by atoms with E-state index in [1.807, 2.05) is 24.3 Å². The molecule has 0 bridgehead atoms. The van der Waals surface area contributed by atoms with Crippen LogP contribution in [0.3, 0.4) is 0 Å². The van der Waals surface area contributed by atoms with Crippen LogP contribution in [0, 0.1) is 6.92 Å². The first-order valence-electron chi connectivity index (χ1n) is 7.97. The Kier molecular flexibility index (Phi) is 5.20. The van der Waals surface area contributed by atoms with E-state index in [4.69, 9.17) is 4.74 Å². The lowest BCUT2D eigenvalue weighted by Crippen LogP contribution is -2.00. The van der Waals surface area contributed by atoms with E-state index in [2.05, 4.69) is 52.9 Å². The number of hydrogen-bond acceptors (Lipinski definition) is 4. The number of benzene rings is 2. The van der Waals surface area contributed by atoms with E-state index >= 15 is 0 Å². The summed E-state index contributed by atoms with van der Waals surface area (Å²) in [6.45, 7) is 5.06. The Hall–Kier alpha value is -2.27. The number of methoxy groups -OCH3 is 1. The molecular formula is C19H21N3OS. The number of nitrogens with zero attached hydrogens (tertiary/aromatic N) is 3. The molecule has 0 amide bonds. The van der Waals surface area contributed by atoms with E-state index in [-0.39, 0.29) is 0 Å². The molecule has 24 heavy (non-hydrogen) atoms. The van der Waals surface area contributed by atoms with Gasteiger partial charge >= 0.3 is 0 Å². The summed E-state index contributed by atoms with van der Waals surface area (Å²) in [5.74, 6) is 2.63. The van der Waals surface area contributed by atoms with Gasteiger partial charge < -0.3 is 9.30 Å². The SMILES string of the molecule is CCn1c(SCc2ccc(C)cc2)nnc1-c1ccc(OC)cc1. The van der Waals surface area contributed by atoms with Gasteiger partial charge in [-0.2, -0.15) is 0 Å². The van der Waals surface area contributed by atoms with Crippen LogP contribution in [-0.4, -0.2) is 21.9 Å². The summed E-state index contributed by atoms with van der Waals surface area (Å²) < 4.78 is 7.37. The maximum atomic E-state index is 5.22. The number of thioether (sulfide) groups is 1. The first-order valence-corrected chi connectivity index (χ1v) is 8.95. The van der Waals surface area contributed by atoms with Gasteiger partial charge in [0.1, 0.15) is 5.75 Å². The molecule has 0 aliphatic carbocycles. The van der Waals surface area contributed by atoms with Crippen molar-refractivity contribution >= 4 is 11.8 Å². The molecule has 5 heteroatoms. The molecule has 124 valence electrons. The van der Waals surface area contributed by atoms with Crippen molar-refractivity contribution in [2.75, 3.05) is 7.11 Å². The number of hydrogen-bond donors (Lipinski definition) is 0. The molecule has 1 heterocycles. The van der Waals surface area contributed by atoms with E-state index < -0.39 is 0 Å². The number of aryl methyl sites for hydroxylation is 1. The third-order valence-electron chi connectivity index (χ3n) is 3.87. The molecule has 3 rings (SSSR count). The molecule has 4 nitrogen and oxygen atoms in total. The van der Waals surface area contributed by atoms with Crippen LogP contribution in [0.25, 0.3) is 11.4 Å². The molecule has 0 spiro atoms. The van der Waals surface area contributed by atoms with Crippen LogP contribution in [0.5, 0.6) is 5.75 Å². The van der Waals surface area contributed by atoms with E-state index in [0.29, 0.717) is 0 Å². The summed E-state index contributed by atoms with van der Waals surface area (Å²) in [6, 6.07) is 16.5. The zero-order chi connectivity index (χ0) is 16.9. The highest BCUT2D eigenvalue weighted by atomic mass is 32.2. The minimum atomic E-state index is 0.838. The van der Waals surface area contributed by atoms with Crippen LogP contribution in [0.2, 0.25) is 0 Å². The fourth-order valence-electron chi connectivity index (χ4n) is 2.47. The summed E-state index contributed by atoms with van der Waals surface area (Å²) in [6.07, 6.45) is 0. The van der Waals surface area contributed by atoms with Crippen LogP contribution in [0.1, 0.15) is 18.1 Å². The molecule has 0 saturated heterocycles. The largest absolute Gasteiger partial charge is 0.497 e. The molecule has 0 unspecified atom stereocenters. The van der Waals surface area contributed by atoms with Crippen molar-refractivity contribution in [2.45, 2.75) is 31.3 Å². The van der Waals surface area contributed by atoms with Crippen LogP contribution in [0.4, 0.5) is 0 Å². The first kappa shape index (κ1) is 16.6. The number of ether oxygens (including phenoxy) is 1. The van der Waals surface area contributed by atoms with Crippen molar-refractivity contribution in [2.24, 2.45) is 0 Å². The predicted molar refractivity (Wildman–Crippen MR) is 98.4 cm³/mol. The average Bonchev–Trinajstić information content (AvgIpc) is 3.04. The Labute approximate surface area is 146 Å². The Morgan fingerprint density at radius 3 is 2.33 bits per heavy atom. The Morgan fingerprint density at radius 1 is 1.00 bits per heavy atom. The smallest absolute Gasteiger partial charge is 0.191 e. The van der Waals surface area contributed by atoms with Gasteiger partial charge in [0.05, 0.1) is 7.11 Å². The minimum absolute atomic E-state index is 0.838. The monoisotopic (exact) mass is 339 g/mol. The Morgan fingerprint density at radius 2 is 1.71 bits per heavy atom. The van der Waals surface area contributed by atoms with Crippen molar-refractivity contribution < 1.29 is 4.74 Å². The van der Waals surface area contributed by atoms with Crippen molar-refractivity contribution in [3.05, 3.63) is 59.7 Å². The van der Waals surface area contributed by atoms with E-state index in [1.165, 1.54) is 11.1 Å². The van der Waals surface area contributed by atoms with Gasteiger partial charge in [0, 0.05) is 17.9 Å². The molecule has 0 fully saturated rings. The Bertz CT molecular complexity index is 794. The lowest BCUT2D eigenvalue weighted by atomic mass is 10.2. The van der Waals surface area contributed by atoms with Crippen molar-refractivity contribution in [3.8, 4) is 17.1 Å². The maximum absolute atomic E-state index is 5.22. The summed E-state index contributed by atoms with van der Waals surface area (Å²) in [4.78, 5) is 0. The molecule has 0 aliphatic heterocycles. The minimum Gasteiger partial charge on any atom is -0.497 e. The third-order valence-corrected chi connectivity index (χ3v) is 4.91. The standard InChI is InChI=1S/C19H21N3OS/c1-4-22-18(16-9-11-17(23-3)12-10-16)20-21-19(22)24-13-15-7-5-14(2)6-8-15/h5-12H,4,13H2,1-3H3. The summed E-state index contributed by atoms with van der Waals surface area (Å²) in [5.41, 5.74) is 3.62. The molecule has 0 saturated carbocycles. The molecule has 0 atom stereocenters. The highest BCUT2D eigenvalue weighted by Crippen LogP contribution is 2.27. The van der Waals surface area contributed by atoms with Crippen molar-refractivity contribution in [3.63, 3.8) is 0 Å². The molecule has 3 aromatic rings. The normalized spacial score (nSPS) is 10.8. The molecule has 0 aliphatic rings. The molecule has 2 aromatic carbocycles. The fraction of sp³-hybridized carbons (Fsp3) is 0.263. The van der Waals surface area contributed by atoms with Gasteiger partial charge in [-0.1, -0.05) is 41.6 Å². The highest BCUT2D eigenvalue weighted by molar-refractivity contribution is 7.98. The summed E-state index contributed by atoms with van der Waals surface area (Å²) in [5, 5.41) is 9.72. The quantitative estimate of drug-likeness (QED) is 0.617. The number of aromatic nitrogens is 3. The lowest BCUT2D eigenvalue weighted by molar-refractivity contribution is 0.415. The van der Waals surface area contributed by atoms with Gasteiger partial charge in [-0.25, -0.2) is 0 Å². The lowest BCUT2D eigenvalue weighted by Gasteiger charge is -2.08. The van der Waals surface area contributed by atoms with Gasteiger partial charge in [0.25, 0.3) is 0 Å². The van der Waals surface area contributed by atoms with Crippen molar-refractivity contribution in [1.29, 1.82) is 0 Å². The molecule has 0 radical (unpaired) electrons. The Balaban J connectivity index is 1.79. The van der Waals surface area contributed by atoms with E-state index in [1.54, 1.807) is 18.9 Å². The zero-order valence-electron chi connectivity index (χ0n) is 14.2. The van der Waals surface area contributed by atoms with E-state index in [0.717, 1.165) is 34.6 Å². The topological polar surface area (TPSA) is 39.9 Å². The maximum Gasteiger partial charge on any atom is 0.191 e. The molecular weight excluding hydrogens is 318 g/mol. The van der Waals surface area contributed by atoms with Crippen LogP contribution >= 0.6 is 11.8 Å². The van der Waals surface area contributed by atoms with E-state index in [9.17, 15) is 0 Å². The van der Waals surface area contributed by atoms with Crippen molar-refractivity contribution in [1.82, 2.24) is 14.8 Å². The predicted octanol–water partition coefficient (Wildman–Crippen LogP) is 4.57. The highest BCUT2D eigenvalue weighted by Gasteiger charge is 2.13. The second-order valence-electron chi connectivity index (χ2n) is 5.55. The van der Waals surface area contributed by atoms with Gasteiger partial charge in [0.15, 0.2) is 11.0 Å². The molecule has 0 N–H and O–H groups in total. The van der Waals surface area contributed by atoms with Crippen LogP contribution < -0.4 is 4.74 Å². The van der Waals surface area contributed by atoms with Gasteiger partial charge in [-0.15, -0.1) is 10.2 Å². The fourth-order valence-corrected chi connectivity index (χ4v) is 3.42. The summed E-state index contributed by atoms with van der Waals surface area (Å²) >= 11 is 1.72. The van der Waals surface area contributed by atoms with Gasteiger partial charge in [0.2, 0.25) is 0 Å².